The molecule has 1 aliphatic heterocycles. The third-order valence-corrected chi connectivity index (χ3v) is 6.00. The first-order chi connectivity index (χ1) is 13.6. The largest absolute Gasteiger partial charge is 0.497 e. The fraction of sp³-hybridized carbons (Fsp3) is 0.238. The van der Waals surface area contributed by atoms with E-state index in [1.165, 1.54) is 17.4 Å². The number of thiophene rings is 1. The maximum Gasteiger partial charge on any atom is 0.264 e. The number of hydrogen-bond donors (Lipinski definition) is 0. The van der Waals surface area contributed by atoms with Gasteiger partial charge in [0.25, 0.3) is 11.8 Å². The Labute approximate surface area is 165 Å². The Kier molecular flexibility index (Phi) is 5.00. The summed E-state index contributed by atoms with van der Waals surface area (Å²) in [6.07, 6.45) is 0. The third-order valence-electron chi connectivity index (χ3n) is 4.91. The molecule has 0 atom stereocenters. The van der Waals surface area contributed by atoms with Crippen LogP contribution in [0.1, 0.15) is 20.0 Å². The van der Waals surface area contributed by atoms with Gasteiger partial charge in [-0.25, -0.2) is 4.39 Å². The van der Waals surface area contributed by atoms with Gasteiger partial charge in [0.15, 0.2) is 0 Å². The van der Waals surface area contributed by atoms with Gasteiger partial charge >= 0.3 is 0 Å². The van der Waals surface area contributed by atoms with Crippen molar-refractivity contribution in [3.05, 3.63) is 64.8 Å². The number of amides is 2. The summed E-state index contributed by atoms with van der Waals surface area (Å²) < 4.78 is 19.8. The second-order valence-electron chi connectivity index (χ2n) is 6.58. The SMILES string of the molecule is COc1ccc(C(=O)N2CCN(C(=O)c3cc4c(F)cccc4s3)CC2)cc1. The highest BCUT2D eigenvalue weighted by Gasteiger charge is 2.26. The molecule has 2 amide bonds. The van der Waals surface area contributed by atoms with Crippen LogP contribution in [0.4, 0.5) is 4.39 Å². The molecule has 1 aliphatic rings. The van der Waals surface area contributed by atoms with E-state index in [0.717, 1.165) is 4.70 Å². The van der Waals surface area contributed by atoms with Gasteiger partial charge in [-0.2, -0.15) is 0 Å². The lowest BCUT2D eigenvalue weighted by atomic mass is 10.1. The molecule has 0 aliphatic carbocycles. The number of carbonyl (C=O) groups excluding carboxylic acids is 2. The van der Waals surface area contributed by atoms with E-state index in [1.807, 2.05) is 6.07 Å². The zero-order valence-corrected chi connectivity index (χ0v) is 16.2. The Bertz CT molecular complexity index is 1020. The number of rotatable bonds is 3. The molecular weight excluding hydrogens is 379 g/mol. The van der Waals surface area contributed by atoms with Crippen LogP contribution < -0.4 is 4.74 Å². The Balaban J connectivity index is 1.42. The summed E-state index contributed by atoms with van der Waals surface area (Å²) in [7, 11) is 1.58. The van der Waals surface area contributed by atoms with E-state index in [-0.39, 0.29) is 17.6 Å². The molecule has 5 nitrogen and oxygen atoms in total. The van der Waals surface area contributed by atoms with Gasteiger partial charge < -0.3 is 14.5 Å². The van der Waals surface area contributed by atoms with Crippen LogP contribution in [-0.2, 0) is 0 Å². The van der Waals surface area contributed by atoms with Crippen molar-refractivity contribution in [3.8, 4) is 5.75 Å². The van der Waals surface area contributed by atoms with Crippen molar-refractivity contribution in [2.75, 3.05) is 33.3 Å². The highest BCUT2D eigenvalue weighted by Crippen LogP contribution is 2.28. The predicted molar refractivity (Wildman–Crippen MR) is 107 cm³/mol. The Morgan fingerprint density at radius 2 is 1.61 bits per heavy atom. The molecule has 1 aromatic heterocycles. The molecule has 0 saturated carbocycles. The van der Waals surface area contributed by atoms with Crippen molar-refractivity contribution in [2.24, 2.45) is 0 Å². The molecule has 28 heavy (non-hydrogen) atoms. The van der Waals surface area contributed by atoms with E-state index >= 15 is 0 Å². The molecule has 144 valence electrons. The maximum absolute atomic E-state index is 13.9. The van der Waals surface area contributed by atoms with Gasteiger partial charge in [0, 0.05) is 41.8 Å². The number of piperazine rings is 1. The lowest BCUT2D eigenvalue weighted by Gasteiger charge is -2.34. The molecular formula is C21H19FN2O3S. The zero-order chi connectivity index (χ0) is 19.7. The number of ether oxygens (including phenoxy) is 1. The molecule has 7 heteroatoms. The second kappa shape index (κ2) is 7.59. The first kappa shape index (κ1) is 18.4. The highest BCUT2D eigenvalue weighted by atomic mass is 32.1. The minimum absolute atomic E-state index is 0.0568. The number of nitrogens with zero attached hydrogens (tertiary/aromatic N) is 2. The van der Waals surface area contributed by atoms with Crippen molar-refractivity contribution in [1.29, 1.82) is 0 Å². The smallest absolute Gasteiger partial charge is 0.264 e. The molecule has 4 rings (SSSR count). The summed E-state index contributed by atoms with van der Waals surface area (Å²) in [4.78, 5) is 29.4. The Morgan fingerprint density at radius 3 is 2.21 bits per heavy atom. The van der Waals surface area contributed by atoms with E-state index in [4.69, 9.17) is 4.74 Å². The Hall–Kier alpha value is -2.93. The first-order valence-corrected chi connectivity index (χ1v) is 9.79. The lowest BCUT2D eigenvalue weighted by molar-refractivity contribution is 0.0538. The predicted octanol–water partition coefficient (Wildman–Crippen LogP) is 3.65. The van der Waals surface area contributed by atoms with Crippen LogP contribution in [0.25, 0.3) is 10.1 Å². The van der Waals surface area contributed by atoms with Crippen LogP contribution in [-0.4, -0.2) is 54.9 Å². The van der Waals surface area contributed by atoms with E-state index in [2.05, 4.69) is 0 Å². The molecule has 0 radical (unpaired) electrons. The second-order valence-corrected chi connectivity index (χ2v) is 7.66. The van der Waals surface area contributed by atoms with Crippen LogP contribution in [0.15, 0.2) is 48.5 Å². The van der Waals surface area contributed by atoms with Crippen molar-refractivity contribution in [3.63, 3.8) is 0 Å². The third kappa shape index (κ3) is 3.45. The van der Waals surface area contributed by atoms with Crippen molar-refractivity contribution >= 4 is 33.2 Å². The summed E-state index contributed by atoms with van der Waals surface area (Å²) in [5, 5.41) is 0.476. The number of methoxy groups -OCH3 is 1. The number of carbonyl (C=O) groups is 2. The van der Waals surface area contributed by atoms with Gasteiger partial charge in [0.1, 0.15) is 11.6 Å². The molecule has 0 unspecified atom stereocenters. The summed E-state index contributed by atoms with van der Waals surface area (Å²) >= 11 is 1.30. The van der Waals surface area contributed by atoms with Gasteiger partial charge in [0.05, 0.1) is 12.0 Å². The van der Waals surface area contributed by atoms with Crippen molar-refractivity contribution in [2.45, 2.75) is 0 Å². The van der Waals surface area contributed by atoms with Crippen LogP contribution in [0, 0.1) is 5.82 Å². The molecule has 0 spiro atoms. The van der Waals surface area contributed by atoms with Gasteiger partial charge in [-0.15, -0.1) is 11.3 Å². The van der Waals surface area contributed by atoms with Crippen molar-refractivity contribution in [1.82, 2.24) is 9.80 Å². The van der Waals surface area contributed by atoms with Gasteiger partial charge in [-0.05, 0) is 42.5 Å². The molecule has 3 aromatic rings. The average molecular weight is 398 g/mol. The molecule has 0 bridgehead atoms. The topological polar surface area (TPSA) is 49.9 Å². The van der Waals surface area contributed by atoms with Crippen LogP contribution in [0.2, 0.25) is 0 Å². The van der Waals surface area contributed by atoms with E-state index in [0.29, 0.717) is 47.8 Å². The summed E-state index contributed by atoms with van der Waals surface area (Å²) in [6.45, 7) is 1.85. The maximum atomic E-state index is 13.9. The first-order valence-electron chi connectivity index (χ1n) is 8.97. The minimum Gasteiger partial charge on any atom is -0.497 e. The summed E-state index contributed by atoms with van der Waals surface area (Å²) in [5.74, 6) is 0.213. The molecule has 2 aromatic carbocycles. The number of benzene rings is 2. The van der Waals surface area contributed by atoms with E-state index in [9.17, 15) is 14.0 Å². The fourth-order valence-electron chi connectivity index (χ4n) is 3.32. The summed E-state index contributed by atoms with van der Waals surface area (Å²) in [6, 6.07) is 13.5. The van der Waals surface area contributed by atoms with Gasteiger partial charge in [-0.1, -0.05) is 6.07 Å². The van der Waals surface area contributed by atoms with Crippen LogP contribution in [0.3, 0.4) is 0 Å². The number of halogens is 1. The quantitative estimate of drug-likeness (QED) is 0.677. The highest BCUT2D eigenvalue weighted by molar-refractivity contribution is 7.20. The van der Waals surface area contributed by atoms with Crippen LogP contribution >= 0.6 is 11.3 Å². The fourth-order valence-corrected chi connectivity index (χ4v) is 4.36. The van der Waals surface area contributed by atoms with Gasteiger partial charge in [0.2, 0.25) is 0 Å². The minimum atomic E-state index is -0.317. The van der Waals surface area contributed by atoms with Gasteiger partial charge in [-0.3, -0.25) is 9.59 Å². The van der Waals surface area contributed by atoms with E-state index in [1.54, 1.807) is 53.3 Å². The molecule has 1 fully saturated rings. The normalized spacial score (nSPS) is 14.4. The number of hydrogen-bond acceptors (Lipinski definition) is 4. The standard InChI is InChI=1S/C21H19FN2O3S/c1-27-15-7-5-14(6-8-15)20(25)23-9-11-24(12-10-23)21(26)19-13-16-17(22)3-2-4-18(16)28-19/h2-8,13H,9-12H2,1H3. The zero-order valence-electron chi connectivity index (χ0n) is 15.4. The average Bonchev–Trinajstić information content (AvgIpc) is 3.19. The summed E-state index contributed by atoms with van der Waals surface area (Å²) in [5.41, 5.74) is 0.598. The monoisotopic (exact) mass is 398 g/mol. The Morgan fingerprint density at radius 1 is 0.964 bits per heavy atom. The van der Waals surface area contributed by atoms with E-state index < -0.39 is 0 Å². The molecule has 1 saturated heterocycles. The molecule has 0 N–H and O–H groups in total. The lowest BCUT2D eigenvalue weighted by Crippen LogP contribution is -2.50. The van der Waals surface area contributed by atoms with Crippen molar-refractivity contribution < 1.29 is 18.7 Å². The molecule has 2 heterocycles. The number of fused-ring (bicyclic) bond motifs is 1. The van der Waals surface area contributed by atoms with Crippen LogP contribution in [0.5, 0.6) is 5.75 Å².